The van der Waals surface area contributed by atoms with Gasteiger partial charge in [0, 0.05) is 29.0 Å². The summed E-state index contributed by atoms with van der Waals surface area (Å²) in [4.78, 5) is 16.3. The molecule has 0 aliphatic carbocycles. The van der Waals surface area contributed by atoms with Gasteiger partial charge in [-0.3, -0.25) is 0 Å². The first-order chi connectivity index (χ1) is 36.1. The fourth-order valence-corrected chi connectivity index (χ4v) is 12.7. The Morgan fingerprint density at radius 3 is 1.82 bits per heavy atom. The second-order valence-corrected chi connectivity index (χ2v) is 25.0. The first-order valence-electron chi connectivity index (χ1n) is 27.7. The van der Waals surface area contributed by atoms with Crippen molar-refractivity contribution in [2.75, 3.05) is 9.80 Å². The third-order valence-electron chi connectivity index (χ3n) is 17.2. The van der Waals surface area contributed by atoms with E-state index in [-0.39, 0.29) is 55.6 Å². The Morgan fingerprint density at radius 2 is 1.21 bits per heavy atom. The van der Waals surface area contributed by atoms with Crippen molar-refractivity contribution in [3.63, 3.8) is 0 Å². The second kappa shape index (κ2) is 19.7. The molecule has 394 valence electrons. The van der Waals surface area contributed by atoms with Crippen molar-refractivity contribution < 1.29 is 21.1 Å². The van der Waals surface area contributed by atoms with Crippen LogP contribution in [0.15, 0.2) is 163 Å². The topological polar surface area (TPSA) is 36.7 Å². The van der Waals surface area contributed by atoms with Gasteiger partial charge in [0.1, 0.15) is 5.82 Å². The van der Waals surface area contributed by atoms with E-state index in [0.717, 1.165) is 45.3 Å². The molecule has 0 N–H and O–H groups in total. The standard InChI is InChI=1S/C71H75N5.Pt/c1-44(2)50-38-51(67-73-70(13,14)71(15,65(48-25-18-16-19-26-48)49-27-20-17-21-28-49)76(67)66-54(45(3)4)29-24-30-55(66)46(5)6)40-53(39-50)74-61-32-23-22-31-58(61)69(11,12)59-42-57-56-37-47(7)33-34-60(56)75(62(57)43-63(59)74)64-41-52(35-36-72-64)68(8,9)10;/h16-39,41-42,44-46,65H,1-15H3;/q-2;+2/t71-;/m0./s1. The van der Waals surface area contributed by atoms with Crippen molar-refractivity contribution in [2.45, 2.75) is 149 Å². The third-order valence-corrected chi connectivity index (χ3v) is 17.2. The number of rotatable bonds is 10. The zero-order valence-corrected chi connectivity index (χ0v) is 50.1. The van der Waals surface area contributed by atoms with Gasteiger partial charge in [0.15, 0.2) is 0 Å². The van der Waals surface area contributed by atoms with E-state index in [2.05, 4.69) is 282 Å². The fraction of sp³-hybridized carbons (Fsp3) is 0.324. The molecule has 0 bridgehead atoms. The van der Waals surface area contributed by atoms with Gasteiger partial charge in [-0.25, -0.2) is 4.98 Å². The number of aliphatic imine (C=N–C) groups is 1. The van der Waals surface area contributed by atoms with Crippen LogP contribution < -0.4 is 9.80 Å². The van der Waals surface area contributed by atoms with Gasteiger partial charge in [0.25, 0.3) is 0 Å². The summed E-state index contributed by atoms with van der Waals surface area (Å²) < 4.78 is 2.34. The molecular weight excluding hydrogens is 1120 g/mol. The SMILES string of the molecule is Cc1ccc2c(c1)c1cc3c([c-]c1n2-c1cc(C(C)(C)C)ccn1)N(c1[c-]c(C2=NC(C)(C)[C@](C)(C(c4ccccc4)c4ccccc4)N2c2c(C(C)C)cccc2C(C)C)cc(C(C)C)c1)c1ccccc1C3(C)C.[Pt+2]. The Labute approximate surface area is 473 Å². The molecule has 0 fully saturated rings. The van der Waals surface area contributed by atoms with Gasteiger partial charge in [-0.15, -0.1) is 46.3 Å². The Hall–Kier alpha value is -6.55. The molecular formula is C71H75N5Pt. The number of pyridine rings is 1. The van der Waals surface area contributed by atoms with Crippen molar-refractivity contribution in [1.82, 2.24) is 9.55 Å². The van der Waals surface area contributed by atoms with Gasteiger partial charge < -0.3 is 19.4 Å². The molecule has 9 aromatic rings. The van der Waals surface area contributed by atoms with Crippen LogP contribution in [0.4, 0.5) is 22.7 Å². The molecule has 0 unspecified atom stereocenters. The number of aryl methyl sites for hydroxylation is 1. The van der Waals surface area contributed by atoms with Crippen molar-refractivity contribution in [1.29, 1.82) is 0 Å². The predicted octanol–water partition coefficient (Wildman–Crippen LogP) is 18.5. The molecule has 2 aromatic heterocycles. The summed E-state index contributed by atoms with van der Waals surface area (Å²) in [6.45, 7) is 34.9. The number of para-hydroxylation sites is 2. The van der Waals surface area contributed by atoms with Crippen LogP contribution in [0.5, 0.6) is 0 Å². The maximum atomic E-state index is 6.09. The molecule has 77 heavy (non-hydrogen) atoms. The summed E-state index contributed by atoms with van der Waals surface area (Å²) in [6, 6.07) is 65.1. The molecule has 2 aliphatic rings. The van der Waals surface area contributed by atoms with Crippen molar-refractivity contribution >= 4 is 50.4 Å². The van der Waals surface area contributed by atoms with Gasteiger partial charge in [0.05, 0.1) is 16.9 Å². The van der Waals surface area contributed by atoms with Crippen LogP contribution in [0.1, 0.15) is 176 Å². The largest absolute Gasteiger partial charge is 2.00 e. The van der Waals surface area contributed by atoms with Gasteiger partial charge in [-0.2, -0.15) is 6.07 Å². The van der Waals surface area contributed by atoms with Crippen LogP contribution in [0.25, 0.3) is 27.6 Å². The smallest absolute Gasteiger partial charge is 0.357 e. The molecule has 4 heterocycles. The molecule has 0 amide bonds. The number of aromatic nitrogens is 2. The van der Waals surface area contributed by atoms with Crippen LogP contribution in [-0.2, 0) is 31.9 Å². The Balaban J connectivity index is 0.00000672. The minimum Gasteiger partial charge on any atom is -0.357 e. The number of nitrogens with zero attached hydrogens (tertiary/aromatic N) is 5. The van der Waals surface area contributed by atoms with E-state index in [4.69, 9.17) is 9.98 Å². The summed E-state index contributed by atoms with van der Waals surface area (Å²) in [6.07, 6.45) is 1.96. The Kier molecular flexibility index (Phi) is 13.8. The molecule has 0 radical (unpaired) electrons. The summed E-state index contributed by atoms with van der Waals surface area (Å²) in [7, 11) is 0. The first-order valence-corrected chi connectivity index (χ1v) is 27.7. The minimum absolute atomic E-state index is 0. The van der Waals surface area contributed by atoms with Crippen LogP contribution >= 0.6 is 0 Å². The van der Waals surface area contributed by atoms with Gasteiger partial charge in [0.2, 0.25) is 0 Å². The molecule has 1 atom stereocenters. The molecule has 0 spiro atoms. The van der Waals surface area contributed by atoms with E-state index < -0.39 is 11.1 Å². The predicted molar refractivity (Wildman–Crippen MR) is 321 cm³/mol. The number of anilines is 4. The molecule has 5 nitrogen and oxygen atoms in total. The summed E-state index contributed by atoms with van der Waals surface area (Å²) >= 11 is 0. The molecule has 6 heteroatoms. The van der Waals surface area contributed by atoms with Crippen LogP contribution in [0.2, 0.25) is 0 Å². The van der Waals surface area contributed by atoms with Crippen molar-refractivity contribution in [3.8, 4) is 5.82 Å². The van der Waals surface area contributed by atoms with Crippen LogP contribution in [0.3, 0.4) is 0 Å². The number of amidine groups is 1. The molecule has 11 rings (SSSR count). The zero-order chi connectivity index (χ0) is 53.8. The number of hydrogen-bond donors (Lipinski definition) is 0. The van der Waals surface area contributed by atoms with E-state index in [9.17, 15) is 0 Å². The zero-order valence-electron chi connectivity index (χ0n) is 47.9. The van der Waals surface area contributed by atoms with Crippen LogP contribution in [-0.4, -0.2) is 26.5 Å². The molecule has 7 aromatic carbocycles. The van der Waals surface area contributed by atoms with Gasteiger partial charge in [-0.1, -0.05) is 202 Å². The number of hydrogen-bond acceptors (Lipinski definition) is 4. The number of benzene rings is 7. The van der Waals surface area contributed by atoms with Crippen molar-refractivity contribution in [3.05, 3.63) is 226 Å². The second-order valence-electron chi connectivity index (χ2n) is 25.0. The Bertz CT molecular complexity index is 3660. The van der Waals surface area contributed by atoms with E-state index >= 15 is 0 Å². The van der Waals surface area contributed by atoms with E-state index in [1.54, 1.807) is 0 Å². The Morgan fingerprint density at radius 1 is 0.584 bits per heavy atom. The molecule has 0 saturated carbocycles. The summed E-state index contributed by atoms with van der Waals surface area (Å²) in [5.74, 6) is 2.47. The van der Waals surface area contributed by atoms with Gasteiger partial charge >= 0.3 is 21.1 Å². The molecule has 2 aliphatic heterocycles. The first kappa shape index (κ1) is 53.8. The third kappa shape index (κ3) is 8.80. The van der Waals surface area contributed by atoms with Crippen molar-refractivity contribution in [2.24, 2.45) is 4.99 Å². The maximum Gasteiger partial charge on any atom is 2.00 e. The van der Waals surface area contributed by atoms with E-state index in [0.29, 0.717) is 0 Å². The average Bonchev–Trinajstić information content (AvgIpc) is 3.90. The quantitative estimate of drug-likeness (QED) is 0.128. The normalized spacial score (nSPS) is 16.9. The molecule has 0 saturated heterocycles. The average molecular weight is 1190 g/mol. The summed E-state index contributed by atoms with van der Waals surface area (Å²) in [5, 5.41) is 2.37. The van der Waals surface area contributed by atoms with E-state index in [1.807, 2.05) is 6.20 Å². The minimum atomic E-state index is -0.612. The monoisotopic (exact) mass is 1190 g/mol. The number of fused-ring (bicyclic) bond motifs is 5. The fourth-order valence-electron chi connectivity index (χ4n) is 12.7. The summed E-state index contributed by atoms with van der Waals surface area (Å²) in [5.41, 5.74) is 17.1. The van der Waals surface area contributed by atoms with Gasteiger partial charge in [-0.05, 0) is 125 Å². The maximum absolute atomic E-state index is 6.09. The van der Waals surface area contributed by atoms with E-state index in [1.165, 1.54) is 66.5 Å². The van der Waals surface area contributed by atoms with Crippen LogP contribution in [0, 0.1) is 19.1 Å².